The SMILES string of the molecule is O=C(Cc1ccc(F)cc1)N1CCN(Cc2nnc(-c3ccco3)o2)CC1. The molecule has 1 aliphatic heterocycles. The molecule has 1 fully saturated rings. The summed E-state index contributed by atoms with van der Waals surface area (Å²) in [6, 6.07) is 9.58. The summed E-state index contributed by atoms with van der Waals surface area (Å²) in [5.74, 6) is 1.19. The minimum atomic E-state index is -0.295. The van der Waals surface area contributed by atoms with Crippen molar-refractivity contribution >= 4 is 5.91 Å². The van der Waals surface area contributed by atoms with Crippen molar-refractivity contribution in [1.29, 1.82) is 0 Å². The number of hydrogen-bond acceptors (Lipinski definition) is 6. The van der Waals surface area contributed by atoms with Gasteiger partial charge in [0.05, 0.1) is 19.2 Å². The van der Waals surface area contributed by atoms with Crippen LogP contribution in [-0.2, 0) is 17.8 Å². The van der Waals surface area contributed by atoms with E-state index in [2.05, 4.69) is 15.1 Å². The molecule has 1 saturated heterocycles. The van der Waals surface area contributed by atoms with Crippen LogP contribution in [0.2, 0.25) is 0 Å². The van der Waals surface area contributed by atoms with Crippen LogP contribution in [0.5, 0.6) is 0 Å². The highest BCUT2D eigenvalue weighted by Crippen LogP contribution is 2.19. The minimum absolute atomic E-state index is 0.0548. The summed E-state index contributed by atoms with van der Waals surface area (Å²) in [5, 5.41) is 8.05. The van der Waals surface area contributed by atoms with Crippen molar-refractivity contribution in [3.05, 3.63) is 59.9 Å². The predicted molar refractivity (Wildman–Crippen MR) is 94.0 cm³/mol. The molecule has 4 rings (SSSR count). The highest BCUT2D eigenvalue weighted by molar-refractivity contribution is 5.78. The molecule has 0 spiro atoms. The standard InChI is InChI=1S/C19H19FN4O3/c20-15-5-3-14(4-6-15)12-18(25)24-9-7-23(8-10-24)13-17-21-22-19(27-17)16-2-1-11-26-16/h1-6,11H,7-10,12-13H2. The van der Waals surface area contributed by atoms with Crippen molar-refractivity contribution in [3.8, 4) is 11.7 Å². The van der Waals surface area contributed by atoms with E-state index in [0.717, 1.165) is 18.7 Å². The summed E-state index contributed by atoms with van der Waals surface area (Å²) < 4.78 is 23.8. The lowest BCUT2D eigenvalue weighted by Gasteiger charge is -2.34. The fourth-order valence-corrected chi connectivity index (χ4v) is 3.05. The van der Waals surface area contributed by atoms with Crippen molar-refractivity contribution in [2.24, 2.45) is 0 Å². The predicted octanol–water partition coefficient (Wildman–Crippen LogP) is 2.36. The molecule has 2 aromatic heterocycles. The summed E-state index contributed by atoms with van der Waals surface area (Å²) >= 11 is 0. The van der Waals surface area contributed by atoms with E-state index in [-0.39, 0.29) is 18.1 Å². The molecule has 0 aliphatic carbocycles. The molecule has 1 aromatic carbocycles. The molecule has 0 saturated carbocycles. The lowest BCUT2D eigenvalue weighted by atomic mass is 10.1. The molecule has 0 bridgehead atoms. The van der Waals surface area contributed by atoms with E-state index in [1.54, 1.807) is 30.5 Å². The van der Waals surface area contributed by atoms with Gasteiger partial charge in [0.15, 0.2) is 5.76 Å². The first-order valence-corrected chi connectivity index (χ1v) is 8.78. The van der Waals surface area contributed by atoms with Crippen LogP contribution < -0.4 is 0 Å². The molecule has 0 radical (unpaired) electrons. The van der Waals surface area contributed by atoms with Crippen LogP contribution in [-0.4, -0.2) is 52.1 Å². The van der Waals surface area contributed by atoms with E-state index in [1.165, 1.54) is 12.1 Å². The Morgan fingerprint density at radius 3 is 2.56 bits per heavy atom. The maximum atomic E-state index is 13.0. The fourth-order valence-electron chi connectivity index (χ4n) is 3.05. The number of carbonyl (C=O) groups is 1. The topological polar surface area (TPSA) is 75.6 Å². The number of aromatic nitrogens is 2. The van der Waals surface area contributed by atoms with Gasteiger partial charge in [-0.3, -0.25) is 9.69 Å². The van der Waals surface area contributed by atoms with Gasteiger partial charge in [-0.15, -0.1) is 10.2 Å². The molecule has 3 heterocycles. The molecule has 0 atom stereocenters. The summed E-state index contributed by atoms with van der Waals surface area (Å²) in [7, 11) is 0. The van der Waals surface area contributed by atoms with E-state index >= 15 is 0 Å². The van der Waals surface area contributed by atoms with Gasteiger partial charge in [0.1, 0.15) is 5.82 Å². The van der Waals surface area contributed by atoms with Gasteiger partial charge in [0.25, 0.3) is 5.89 Å². The third-order valence-electron chi connectivity index (χ3n) is 4.55. The van der Waals surface area contributed by atoms with Crippen LogP contribution >= 0.6 is 0 Å². The second-order valence-corrected chi connectivity index (χ2v) is 6.44. The molecule has 0 N–H and O–H groups in total. The van der Waals surface area contributed by atoms with Crippen molar-refractivity contribution in [2.45, 2.75) is 13.0 Å². The summed E-state index contributed by atoms with van der Waals surface area (Å²) in [6.45, 7) is 3.27. The number of benzene rings is 1. The summed E-state index contributed by atoms with van der Waals surface area (Å²) in [6.07, 6.45) is 1.85. The van der Waals surface area contributed by atoms with Gasteiger partial charge in [-0.05, 0) is 29.8 Å². The fraction of sp³-hybridized carbons (Fsp3) is 0.316. The Balaban J connectivity index is 1.27. The van der Waals surface area contributed by atoms with E-state index in [0.29, 0.717) is 37.2 Å². The van der Waals surface area contributed by atoms with Crippen molar-refractivity contribution in [1.82, 2.24) is 20.0 Å². The molecule has 3 aromatic rings. The first-order valence-electron chi connectivity index (χ1n) is 8.78. The van der Waals surface area contributed by atoms with Gasteiger partial charge in [-0.1, -0.05) is 12.1 Å². The van der Waals surface area contributed by atoms with Crippen LogP contribution in [0.1, 0.15) is 11.5 Å². The van der Waals surface area contributed by atoms with E-state index < -0.39 is 0 Å². The zero-order chi connectivity index (χ0) is 18.6. The van der Waals surface area contributed by atoms with Crippen molar-refractivity contribution in [2.75, 3.05) is 26.2 Å². The summed E-state index contributed by atoms with van der Waals surface area (Å²) in [5.41, 5.74) is 0.820. The Labute approximate surface area is 155 Å². The highest BCUT2D eigenvalue weighted by atomic mass is 19.1. The Morgan fingerprint density at radius 1 is 1.07 bits per heavy atom. The van der Waals surface area contributed by atoms with Crippen LogP contribution in [0.3, 0.4) is 0 Å². The van der Waals surface area contributed by atoms with E-state index in [9.17, 15) is 9.18 Å². The molecule has 1 amide bonds. The van der Waals surface area contributed by atoms with Gasteiger partial charge in [-0.25, -0.2) is 4.39 Å². The Morgan fingerprint density at radius 2 is 1.85 bits per heavy atom. The van der Waals surface area contributed by atoms with Gasteiger partial charge in [-0.2, -0.15) is 0 Å². The number of amides is 1. The molecular weight excluding hydrogens is 351 g/mol. The Kier molecular flexibility index (Phi) is 4.97. The number of hydrogen-bond donors (Lipinski definition) is 0. The maximum Gasteiger partial charge on any atom is 0.283 e. The van der Waals surface area contributed by atoms with Gasteiger partial charge in [0, 0.05) is 26.2 Å². The number of halogens is 1. The lowest BCUT2D eigenvalue weighted by molar-refractivity contribution is -0.132. The van der Waals surface area contributed by atoms with Gasteiger partial charge >= 0.3 is 0 Å². The van der Waals surface area contributed by atoms with Crippen molar-refractivity contribution < 1.29 is 18.0 Å². The number of carbonyl (C=O) groups excluding carboxylic acids is 1. The number of nitrogens with zero attached hydrogens (tertiary/aromatic N) is 4. The third kappa shape index (κ3) is 4.22. The monoisotopic (exact) mass is 370 g/mol. The van der Waals surface area contributed by atoms with Gasteiger partial charge in [0.2, 0.25) is 11.8 Å². The largest absolute Gasteiger partial charge is 0.459 e. The molecular formula is C19H19FN4O3. The zero-order valence-electron chi connectivity index (χ0n) is 14.7. The Bertz CT molecular complexity index is 884. The third-order valence-corrected chi connectivity index (χ3v) is 4.55. The van der Waals surface area contributed by atoms with Gasteiger partial charge < -0.3 is 13.7 Å². The van der Waals surface area contributed by atoms with Crippen LogP contribution in [0.15, 0.2) is 51.5 Å². The normalized spacial score (nSPS) is 15.2. The van der Waals surface area contributed by atoms with E-state index in [1.807, 2.05) is 4.90 Å². The lowest BCUT2D eigenvalue weighted by Crippen LogP contribution is -2.48. The Hall–Kier alpha value is -3.00. The molecule has 8 heteroatoms. The first kappa shape index (κ1) is 17.4. The second-order valence-electron chi connectivity index (χ2n) is 6.44. The molecule has 27 heavy (non-hydrogen) atoms. The molecule has 140 valence electrons. The first-order chi connectivity index (χ1) is 13.2. The highest BCUT2D eigenvalue weighted by Gasteiger charge is 2.23. The van der Waals surface area contributed by atoms with E-state index in [4.69, 9.17) is 8.83 Å². The minimum Gasteiger partial charge on any atom is -0.459 e. The van der Waals surface area contributed by atoms with Crippen LogP contribution in [0, 0.1) is 5.82 Å². The zero-order valence-corrected chi connectivity index (χ0v) is 14.7. The van der Waals surface area contributed by atoms with Crippen LogP contribution in [0.25, 0.3) is 11.7 Å². The van der Waals surface area contributed by atoms with Crippen molar-refractivity contribution in [3.63, 3.8) is 0 Å². The smallest absolute Gasteiger partial charge is 0.283 e. The molecule has 1 aliphatic rings. The second kappa shape index (κ2) is 7.71. The molecule has 0 unspecified atom stereocenters. The van der Waals surface area contributed by atoms with Crippen LogP contribution in [0.4, 0.5) is 4.39 Å². The average molecular weight is 370 g/mol. The number of rotatable bonds is 5. The number of furan rings is 1. The quantitative estimate of drug-likeness (QED) is 0.686. The molecule has 7 nitrogen and oxygen atoms in total. The number of piperazine rings is 1. The maximum absolute atomic E-state index is 13.0. The summed E-state index contributed by atoms with van der Waals surface area (Å²) in [4.78, 5) is 16.4. The average Bonchev–Trinajstić information content (AvgIpc) is 3.36.